The Hall–Kier alpha value is -3.16. The number of amides is 1. The number of likely N-dealkylation sites (N-methyl/N-ethyl adjacent to an activating group) is 1. The average Bonchev–Trinajstić information content (AvgIpc) is 2.72. The van der Waals surface area contributed by atoms with Gasteiger partial charge in [-0.15, -0.1) is 0 Å². The molecule has 0 saturated carbocycles. The molecule has 1 amide bonds. The second-order valence-electron chi connectivity index (χ2n) is 6.91. The zero-order chi connectivity index (χ0) is 22.2. The molecule has 0 unspecified atom stereocenters. The first kappa shape index (κ1) is 21.5. The predicted octanol–water partition coefficient (Wildman–Crippen LogP) is 4.63. The van der Waals surface area contributed by atoms with Crippen molar-refractivity contribution in [3.63, 3.8) is 0 Å². The first-order valence-electron chi connectivity index (χ1n) is 9.10. The monoisotopic (exact) mass is 421 g/mol. The normalized spacial score (nSPS) is 15.6. The van der Waals surface area contributed by atoms with Gasteiger partial charge in [-0.25, -0.2) is 0 Å². The number of benzene rings is 2. The van der Waals surface area contributed by atoms with E-state index in [2.05, 4.69) is 0 Å². The molecule has 0 aromatic heterocycles. The van der Waals surface area contributed by atoms with E-state index in [0.717, 1.165) is 17.7 Å². The molecule has 1 heterocycles. The first-order valence-corrected chi connectivity index (χ1v) is 9.10. The van der Waals surface area contributed by atoms with Crippen molar-refractivity contribution < 1.29 is 32.2 Å². The first-order chi connectivity index (χ1) is 14.1. The molecular weight excluding hydrogens is 399 g/mol. The molecule has 0 bridgehead atoms. The Balaban J connectivity index is 2.26. The number of allylic oxidation sites excluding steroid dienone is 1. The van der Waals surface area contributed by atoms with Gasteiger partial charge in [0.25, 0.3) is 5.91 Å². The maximum atomic E-state index is 13.1. The van der Waals surface area contributed by atoms with Gasteiger partial charge in [-0.05, 0) is 36.3 Å². The maximum absolute atomic E-state index is 13.1. The van der Waals surface area contributed by atoms with Crippen LogP contribution in [0, 0.1) is 0 Å². The summed E-state index contributed by atoms with van der Waals surface area (Å²) in [5, 5.41) is 0. The van der Waals surface area contributed by atoms with Crippen LogP contribution in [-0.2, 0) is 17.5 Å². The van der Waals surface area contributed by atoms with E-state index < -0.39 is 11.7 Å². The molecule has 0 N–H and O–H groups in total. The van der Waals surface area contributed by atoms with Crippen LogP contribution in [0.3, 0.4) is 0 Å². The molecule has 1 aliphatic heterocycles. The quantitative estimate of drug-likeness (QED) is 0.676. The number of alkyl halides is 3. The molecule has 0 radical (unpaired) electrons. The zero-order valence-electron chi connectivity index (χ0n) is 17.3. The summed E-state index contributed by atoms with van der Waals surface area (Å²) >= 11 is 0. The number of rotatable bonds is 4. The second-order valence-corrected chi connectivity index (χ2v) is 6.91. The van der Waals surface area contributed by atoms with Gasteiger partial charge in [0.1, 0.15) is 0 Å². The Bertz CT molecular complexity index is 1010. The Morgan fingerprint density at radius 3 is 2.10 bits per heavy atom. The molecule has 160 valence electrons. The molecule has 2 aromatic rings. The van der Waals surface area contributed by atoms with Crippen molar-refractivity contribution in [1.29, 1.82) is 0 Å². The van der Waals surface area contributed by atoms with Crippen molar-refractivity contribution in [2.45, 2.75) is 19.6 Å². The van der Waals surface area contributed by atoms with Crippen molar-refractivity contribution in [2.24, 2.45) is 0 Å². The third-order valence-electron chi connectivity index (χ3n) is 5.18. The van der Waals surface area contributed by atoms with Gasteiger partial charge in [0, 0.05) is 18.2 Å². The Kier molecular flexibility index (Phi) is 5.70. The van der Waals surface area contributed by atoms with E-state index in [1.54, 1.807) is 20.0 Å². The highest BCUT2D eigenvalue weighted by Gasteiger charge is 2.34. The highest BCUT2D eigenvalue weighted by atomic mass is 19.4. The van der Waals surface area contributed by atoms with Crippen molar-refractivity contribution >= 4 is 17.1 Å². The molecule has 2 aromatic carbocycles. The van der Waals surface area contributed by atoms with Crippen LogP contribution < -0.4 is 14.2 Å². The van der Waals surface area contributed by atoms with Crippen LogP contribution in [0.4, 0.5) is 13.2 Å². The molecule has 0 spiro atoms. The highest BCUT2D eigenvalue weighted by molar-refractivity contribution is 6.28. The number of hydrogen-bond acceptors (Lipinski definition) is 4. The topological polar surface area (TPSA) is 48.0 Å². The summed E-state index contributed by atoms with van der Waals surface area (Å²) < 4.78 is 55.1. The van der Waals surface area contributed by atoms with Gasteiger partial charge < -0.3 is 19.1 Å². The number of fused-ring (bicyclic) bond motifs is 1. The minimum absolute atomic E-state index is 0.242. The Labute approximate surface area is 172 Å². The van der Waals surface area contributed by atoms with Gasteiger partial charge in [-0.2, -0.15) is 13.2 Å². The van der Waals surface area contributed by atoms with E-state index in [0.29, 0.717) is 46.1 Å². The number of halogens is 3. The van der Waals surface area contributed by atoms with Crippen LogP contribution in [-0.4, -0.2) is 39.2 Å². The van der Waals surface area contributed by atoms with Crippen molar-refractivity contribution in [3.8, 4) is 17.2 Å². The zero-order valence-corrected chi connectivity index (χ0v) is 17.3. The largest absolute Gasteiger partial charge is 0.493 e. The smallest absolute Gasteiger partial charge is 0.416 e. The number of methoxy groups -OCH3 is 3. The van der Waals surface area contributed by atoms with Crippen LogP contribution in [0.2, 0.25) is 0 Å². The van der Waals surface area contributed by atoms with Gasteiger partial charge in [0.2, 0.25) is 5.75 Å². The molecule has 0 saturated heterocycles. The molecule has 0 fully saturated rings. The average molecular weight is 421 g/mol. The minimum atomic E-state index is -4.43. The predicted molar refractivity (Wildman–Crippen MR) is 107 cm³/mol. The van der Waals surface area contributed by atoms with Crippen LogP contribution in [0.25, 0.3) is 11.1 Å². The molecule has 5 nitrogen and oxygen atoms in total. The summed E-state index contributed by atoms with van der Waals surface area (Å²) in [5.41, 5.74) is 2.03. The lowest BCUT2D eigenvalue weighted by molar-refractivity contribution is -0.137. The Morgan fingerprint density at radius 2 is 1.60 bits per heavy atom. The molecular formula is C22H22F3NO4. The second kappa shape index (κ2) is 7.93. The van der Waals surface area contributed by atoms with Gasteiger partial charge in [0.15, 0.2) is 11.5 Å². The third-order valence-corrected chi connectivity index (χ3v) is 5.18. The summed E-state index contributed by atoms with van der Waals surface area (Å²) in [6, 6.07) is 6.44. The fourth-order valence-corrected chi connectivity index (χ4v) is 3.63. The molecule has 30 heavy (non-hydrogen) atoms. The minimum Gasteiger partial charge on any atom is -0.493 e. The molecule has 0 aliphatic carbocycles. The van der Waals surface area contributed by atoms with Crippen molar-refractivity contribution in [1.82, 2.24) is 4.90 Å². The van der Waals surface area contributed by atoms with Crippen LogP contribution in [0.15, 0.2) is 30.3 Å². The van der Waals surface area contributed by atoms with E-state index in [4.69, 9.17) is 14.2 Å². The van der Waals surface area contributed by atoms with Gasteiger partial charge in [-0.1, -0.05) is 12.1 Å². The van der Waals surface area contributed by atoms with Crippen LogP contribution in [0.5, 0.6) is 17.2 Å². The van der Waals surface area contributed by atoms with E-state index in [1.165, 1.54) is 38.4 Å². The van der Waals surface area contributed by atoms with Crippen LogP contribution >= 0.6 is 0 Å². The van der Waals surface area contributed by atoms with Crippen molar-refractivity contribution in [3.05, 3.63) is 52.6 Å². The number of nitrogens with zero attached hydrogens (tertiary/aromatic N) is 1. The number of ether oxygens (including phenoxy) is 3. The summed E-state index contributed by atoms with van der Waals surface area (Å²) in [6.45, 7) is 2.00. The standard InChI is InChI=1S/C22H22F3NO4/c1-12(13-6-8-14(9-7-13)22(23,24)25)18-15-10-17(28-3)20(30-5)19(29-4)16(15)11-26(2)21(18)27/h6-10H,11H2,1-5H3/b18-12+. The highest BCUT2D eigenvalue weighted by Crippen LogP contribution is 2.47. The van der Waals surface area contributed by atoms with Gasteiger partial charge in [0.05, 0.1) is 39.0 Å². The van der Waals surface area contributed by atoms with E-state index >= 15 is 0 Å². The van der Waals surface area contributed by atoms with E-state index in [1.807, 2.05) is 0 Å². The number of carbonyl (C=O) groups excluding carboxylic acids is 1. The van der Waals surface area contributed by atoms with E-state index in [9.17, 15) is 18.0 Å². The number of carbonyl (C=O) groups is 1. The summed E-state index contributed by atoms with van der Waals surface area (Å²) in [5.74, 6) is 1.01. The van der Waals surface area contributed by atoms with Gasteiger partial charge in [-0.3, -0.25) is 4.79 Å². The lowest BCUT2D eigenvalue weighted by atomic mass is 9.87. The molecule has 0 atom stereocenters. The molecule has 3 rings (SSSR count). The molecule has 1 aliphatic rings. The van der Waals surface area contributed by atoms with Crippen molar-refractivity contribution in [2.75, 3.05) is 28.4 Å². The lowest BCUT2D eigenvalue weighted by Gasteiger charge is -2.31. The van der Waals surface area contributed by atoms with Gasteiger partial charge >= 0.3 is 6.18 Å². The molecule has 8 heteroatoms. The lowest BCUT2D eigenvalue weighted by Crippen LogP contribution is -2.32. The SMILES string of the molecule is COc1cc2c(c(OC)c1OC)CN(C)C(=O)/C2=C(\C)c1ccc(C(F)(F)F)cc1. The summed E-state index contributed by atoms with van der Waals surface area (Å²) in [4.78, 5) is 14.6. The van der Waals surface area contributed by atoms with E-state index in [-0.39, 0.29) is 5.91 Å². The Morgan fingerprint density at radius 1 is 1.00 bits per heavy atom. The fraction of sp³-hybridized carbons (Fsp3) is 0.318. The third kappa shape index (κ3) is 3.58. The fourth-order valence-electron chi connectivity index (χ4n) is 3.63. The van der Waals surface area contributed by atoms with Crippen LogP contribution in [0.1, 0.15) is 29.2 Å². The number of hydrogen-bond donors (Lipinski definition) is 0. The summed E-state index contributed by atoms with van der Waals surface area (Å²) in [7, 11) is 6.13. The maximum Gasteiger partial charge on any atom is 0.416 e. The summed E-state index contributed by atoms with van der Waals surface area (Å²) in [6.07, 6.45) is -4.43.